The molecule has 1 N–H and O–H groups in total. The molecule has 29 heavy (non-hydrogen) atoms. The molecule has 3 rings (SSSR count). The third-order valence-corrected chi connectivity index (χ3v) is 5.24. The summed E-state index contributed by atoms with van der Waals surface area (Å²) in [7, 11) is 1.44. The second-order valence-electron chi connectivity index (χ2n) is 7.10. The van der Waals surface area contributed by atoms with E-state index in [9.17, 15) is 14.9 Å². The fraction of sp³-hybridized carbons (Fsp3) is 0.381. The number of piperazine rings is 1. The number of methoxy groups -OCH3 is 1. The lowest BCUT2D eigenvalue weighted by molar-refractivity contribution is -0.384. The van der Waals surface area contributed by atoms with E-state index in [0.717, 1.165) is 32.7 Å². The minimum Gasteiger partial charge on any atom is -0.496 e. The molecule has 2 aromatic carbocycles. The van der Waals surface area contributed by atoms with Crippen molar-refractivity contribution in [1.29, 1.82) is 0 Å². The molecule has 1 aliphatic heterocycles. The van der Waals surface area contributed by atoms with Crippen molar-refractivity contribution in [3.63, 3.8) is 0 Å². The van der Waals surface area contributed by atoms with E-state index >= 15 is 0 Å². The second-order valence-corrected chi connectivity index (χ2v) is 7.10. The maximum Gasteiger partial charge on any atom is 0.296 e. The number of anilines is 1. The summed E-state index contributed by atoms with van der Waals surface area (Å²) >= 11 is 0. The molecule has 1 saturated heterocycles. The first-order chi connectivity index (χ1) is 14.0. The van der Waals surface area contributed by atoms with E-state index in [1.807, 2.05) is 25.1 Å². The summed E-state index contributed by atoms with van der Waals surface area (Å²) in [6, 6.07) is 14.3. The molecule has 1 fully saturated rings. The molecule has 2 aromatic rings. The zero-order valence-corrected chi connectivity index (χ0v) is 16.7. The molecule has 0 radical (unpaired) electrons. The molecule has 8 heteroatoms. The molecule has 1 heterocycles. The molecule has 1 aliphatic rings. The molecule has 0 saturated carbocycles. The highest BCUT2D eigenvalue weighted by atomic mass is 16.6. The maximum atomic E-state index is 12.7. The summed E-state index contributed by atoms with van der Waals surface area (Å²) in [5, 5.41) is 14.0. The van der Waals surface area contributed by atoms with E-state index in [2.05, 4.69) is 27.2 Å². The van der Waals surface area contributed by atoms with Gasteiger partial charge in [-0.15, -0.1) is 0 Å². The number of hydrogen-bond acceptors (Lipinski definition) is 6. The highest BCUT2D eigenvalue weighted by Gasteiger charge is 2.27. The number of nitrogens with zero attached hydrogens (tertiary/aromatic N) is 3. The molecular formula is C21H26N4O4. The number of carbonyl (C=O) groups excluding carboxylic acids is 1. The average molecular weight is 398 g/mol. The standard InChI is InChI=1S/C21H26N4O4/c1-16(21(26)22-19-9-8-18(29-2)14-20(19)25(27)28)24-12-10-23(11-13-24)15-17-6-4-3-5-7-17/h3-9,14,16H,10-13,15H2,1-2H3,(H,22,26)/t16-/m0/s1. The number of carbonyl (C=O) groups is 1. The Morgan fingerprint density at radius 2 is 1.86 bits per heavy atom. The van der Waals surface area contributed by atoms with Crippen LogP contribution in [0, 0.1) is 10.1 Å². The minimum absolute atomic E-state index is 0.176. The highest BCUT2D eigenvalue weighted by Crippen LogP contribution is 2.29. The predicted octanol–water partition coefficient (Wildman–Crippen LogP) is 2.75. The van der Waals surface area contributed by atoms with Crippen LogP contribution in [0.2, 0.25) is 0 Å². The maximum absolute atomic E-state index is 12.7. The zero-order chi connectivity index (χ0) is 20.8. The molecular weight excluding hydrogens is 372 g/mol. The number of nitro groups is 1. The Balaban J connectivity index is 1.57. The molecule has 0 unspecified atom stereocenters. The summed E-state index contributed by atoms with van der Waals surface area (Å²) in [6.45, 7) is 6.01. The second kappa shape index (κ2) is 9.49. The molecule has 154 valence electrons. The average Bonchev–Trinajstić information content (AvgIpc) is 2.74. The molecule has 8 nitrogen and oxygen atoms in total. The Morgan fingerprint density at radius 1 is 1.17 bits per heavy atom. The van der Waals surface area contributed by atoms with Crippen LogP contribution >= 0.6 is 0 Å². The van der Waals surface area contributed by atoms with Gasteiger partial charge in [0.25, 0.3) is 5.69 Å². The highest BCUT2D eigenvalue weighted by molar-refractivity contribution is 5.96. The van der Waals surface area contributed by atoms with E-state index in [-0.39, 0.29) is 23.3 Å². The van der Waals surface area contributed by atoms with Crippen molar-refractivity contribution < 1.29 is 14.5 Å². The third-order valence-electron chi connectivity index (χ3n) is 5.24. The van der Waals surface area contributed by atoms with Crippen molar-refractivity contribution in [2.75, 3.05) is 38.6 Å². The van der Waals surface area contributed by atoms with Crippen molar-refractivity contribution in [2.24, 2.45) is 0 Å². The predicted molar refractivity (Wildman–Crippen MR) is 111 cm³/mol. The van der Waals surface area contributed by atoms with Gasteiger partial charge < -0.3 is 10.1 Å². The van der Waals surface area contributed by atoms with Gasteiger partial charge in [-0.2, -0.15) is 0 Å². The van der Waals surface area contributed by atoms with Gasteiger partial charge in [0.15, 0.2) is 0 Å². The van der Waals surface area contributed by atoms with E-state index < -0.39 is 4.92 Å². The number of amides is 1. The van der Waals surface area contributed by atoms with Crippen LogP contribution in [-0.4, -0.2) is 60.0 Å². The van der Waals surface area contributed by atoms with E-state index in [1.54, 1.807) is 6.07 Å². The van der Waals surface area contributed by atoms with Gasteiger partial charge in [-0.1, -0.05) is 30.3 Å². The van der Waals surface area contributed by atoms with Crippen molar-refractivity contribution in [1.82, 2.24) is 9.80 Å². The molecule has 0 aliphatic carbocycles. The quantitative estimate of drug-likeness (QED) is 0.570. The van der Waals surface area contributed by atoms with Crippen LogP contribution in [0.15, 0.2) is 48.5 Å². The van der Waals surface area contributed by atoms with Gasteiger partial charge >= 0.3 is 0 Å². The minimum atomic E-state index is -0.523. The van der Waals surface area contributed by atoms with Crippen molar-refractivity contribution >= 4 is 17.3 Å². The van der Waals surface area contributed by atoms with Crippen LogP contribution in [-0.2, 0) is 11.3 Å². The number of nitro benzene ring substituents is 1. The van der Waals surface area contributed by atoms with Crippen LogP contribution < -0.4 is 10.1 Å². The number of nitrogens with one attached hydrogen (secondary N) is 1. The lowest BCUT2D eigenvalue weighted by atomic mass is 10.1. The SMILES string of the molecule is COc1ccc(NC(=O)[C@H](C)N2CCN(Cc3ccccc3)CC2)c([N+](=O)[O-])c1. The van der Waals surface area contributed by atoms with E-state index in [4.69, 9.17) is 4.74 Å². The fourth-order valence-corrected chi connectivity index (χ4v) is 3.45. The fourth-order valence-electron chi connectivity index (χ4n) is 3.45. The number of rotatable bonds is 7. The van der Waals surface area contributed by atoms with Crippen molar-refractivity contribution in [3.05, 3.63) is 64.2 Å². The lowest BCUT2D eigenvalue weighted by Crippen LogP contribution is -2.52. The van der Waals surface area contributed by atoms with Gasteiger partial charge in [-0.3, -0.25) is 24.7 Å². The van der Waals surface area contributed by atoms with E-state index in [0.29, 0.717) is 5.75 Å². The smallest absolute Gasteiger partial charge is 0.296 e. The Morgan fingerprint density at radius 3 is 2.48 bits per heavy atom. The third kappa shape index (κ3) is 5.30. The largest absolute Gasteiger partial charge is 0.496 e. The van der Waals surface area contributed by atoms with Gasteiger partial charge in [-0.25, -0.2) is 0 Å². The first kappa shape index (κ1) is 20.8. The van der Waals surface area contributed by atoms with Gasteiger partial charge in [0, 0.05) is 32.7 Å². The molecule has 0 aromatic heterocycles. The Hall–Kier alpha value is -2.97. The Labute approximate surface area is 170 Å². The summed E-state index contributed by atoms with van der Waals surface area (Å²) in [4.78, 5) is 28.0. The van der Waals surface area contributed by atoms with Crippen molar-refractivity contribution in [2.45, 2.75) is 19.5 Å². The molecule has 1 amide bonds. The topological polar surface area (TPSA) is 88.0 Å². The Kier molecular flexibility index (Phi) is 6.79. The van der Waals surface area contributed by atoms with Crippen LogP contribution in [0.5, 0.6) is 5.75 Å². The van der Waals surface area contributed by atoms with Gasteiger partial charge in [0.05, 0.1) is 24.1 Å². The number of benzene rings is 2. The summed E-state index contributed by atoms with van der Waals surface area (Å²) < 4.78 is 5.03. The van der Waals surface area contributed by atoms with Crippen LogP contribution in [0.3, 0.4) is 0 Å². The lowest BCUT2D eigenvalue weighted by Gasteiger charge is -2.37. The van der Waals surface area contributed by atoms with Crippen molar-refractivity contribution in [3.8, 4) is 5.75 Å². The number of hydrogen-bond donors (Lipinski definition) is 1. The van der Waals surface area contributed by atoms with Crippen LogP contribution in [0.25, 0.3) is 0 Å². The van der Waals surface area contributed by atoms with E-state index in [1.165, 1.54) is 24.8 Å². The molecule has 0 bridgehead atoms. The van der Waals surface area contributed by atoms with Crippen LogP contribution in [0.4, 0.5) is 11.4 Å². The summed E-state index contributed by atoms with van der Waals surface area (Å²) in [6.07, 6.45) is 0. The van der Waals surface area contributed by atoms with Gasteiger partial charge in [0.2, 0.25) is 5.91 Å². The zero-order valence-electron chi connectivity index (χ0n) is 16.7. The summed E-state index contributed by atoms with van der Waals surface area (Å²) in [5.41, 5.74) is 1.27. The first-order valence-electron chi connectivity index (χ1n) is 9.61. The van der Waals surface area contributed by atoms with Gasteiger partial charge in [-0.05, 0) is 24.6 Å². The number of ether oxygens (including phenoxy) is 1. The first-order valence-corrected chi connectivity index (χ1v) is 9.61. The van der Waals surface area contributed by atoms with Gasteiger partial charge in [0.1, 0.15) is 11.4 Å². The normalized spacial score (nSPS) is 16.2. The van der Waals surface area contributed by atoms with Crippen LogP contribution in [0.1, 0.15) is 12.5 Å². The summed E-state index contributed by atoms with van der Waals surface area (Å²) in [5.74, 6) is 0.118. The Bertz CT molecular complexity index is 851. The molecule has 1 atom stereocenters. The monoisotopic (exact) mass is 398 g/mol. The molecule has 0 spiro atoms.